The highest BCUT2D eigenvalue weighted by Crippen LogP contribution is 2.37. The molecule has 1 aromatic heterocycles. The molecule has 0 fully saturated rings. The van der Waals surface area contributed by atoms with Gasteiger partial charge in [-0.3, -0.25) is 9.59 Å². The lowest BCUT2D eigenvalue weighted by Gasteiger charge is -2.11. The third-order valence-corrected chi connectivity index (χ3v) is 5.48. The van der Waals surface area contributed by atoms with E-state index in [0.717, 1.165) is 23.4 Å². The predicted molar refractivity (Wildman–Crippen MR) is 130 cm³/mol. The molecule has 0 radical (unpaired) electrons. The number of ether oxygens (including phenoxy) is 1. The molecule has 4 aromatic rings. The molecule has 0 spiro atoms. The summed E-state index contributed by atoms with van der Waals surface area (Å²) in [6.45, 7) is 0. The van der Waals surface area contributed by atoms with Gasteiger partial charge in [-0.1, -0.05) is 12.1 Å². The molecule has 1 aliphatic heterocycles. The fourth-order valence-electron chi connectivity index (χ4n) is 3.78. The first-order chi connectivity index (χ1) is 17.3. The number of hydrogen-bond acceptors (Lipinski definition) is 3. The van der Waals surface area contributed by atoms with Gasteiger partial charge >= 0.3 is 6.18 Å². The molecule has 2 amide bonds. The maximum Gasteiger partial charge on any atom is 0.416 e. The summed E-state index contributed by atoms with van der Waals surface area (Å²) in [4.78, 5) is 28.0. The van der Waals surface area contributed by atoms with Crippen LogP contribution in [0.3, 0.4) is 0 Å². The first kappa shape index (κ1) is 23.0. The van der Waals surface area contributed by atoms with E-state index < -0.39 is 17.6 Å². The number of amides is 2. The average molecular weight is 489 g/mol. The summed E-state index contributed by atoms with van der Waals surface area (Å²) in [7, 11) is 0. The van der Waals surface area contributed by atoms with E-state index in [2.05, 4.69) is 15.6 Å². The standard InChI is InChI=1S/C27H18F3N3O3/c28-27(29,30)17-5-1-4-16(12-17)25(34)32-19-6-2-8-20(13-19)36-21-9-10-22-23(14-18-7-3-11-31-18)26(35)33-24(22)15-21/h1-15,31H,(H,32,34)(H,33,35). The van der Waals surface area contributed by atoms with Crippen LogP contribution in [0.15, 0.2) is 85.1 Å². The van der Waals surface area contributed by atoms with Crippen molar-refractivity contribution < 1.29 is 27.5 Å². The van der Waals surface area contributed by atoms with Crippen LogP contribution < -0.4 is 15.4 Å². The summed E-state index contributed by atoms with van der Waals surface area (Å²) in [6, 6.07) is 19.5. The summed E-state index contributed by atoms with van der Waals surface area (Å²) in [5.41, 5.74) is 2.00. The number of H-pyrrole nitrogens is 1. The number of rotatable bonds is 5. The highest BCUT2D eigenvalue weighted by Gasteiger charge is 2.31. The molecule has 0 aliphatic carbocycles. The Balaban J connectivity index is 1.31. The van der Waals surface area contributed by atoms with Crippen molar-refractivity contribution in [3.05, 3.63) is 107 Å². The Morgan fingerprint density at radius 3 is 2.50 bits per heavy atom. The quantitative estimate of drug-likeness (QED) is 0.277. The molecule has 9 heteroatoms. The van der Waals surface area contributed by atoms with E-state index in [1.165, 1.54) is 12.1 Å². The molecule has 0 bridgehead atoms. The number of halogens is 3. The number of benzene rings is 3. The SMILES string of the molecule is O=C1Nc2cc(Oc3cccc(NC(=O)c4cccc(C(F)(F)F)c4)c3)ccc2C1=Cc1ccc[nH]1. The average Bonchev–Trinajstić information content (AvgIpc) is 3.46. The zero-order chi connectivity index (χ0) is 25.3. The molecule has 0 unspecified atom stereocenters. The topological polar surface area (TPSA) is 83.2 Å². The van der Waals surface area contributed by atoms with Gasteiger partial charge < -0.3 is 20.4 Å². The van der Waals surface area contributed by atoms with Gasteiger partial charge in [-0.05, 0) is 60.7 Å². The Labute approximate surface area is 203 Å². The van der Waals surface area contributed by atoms with Gasteiger partial charge in [0.25, 0.3) is 11.8 Å². The Morgan fingerprint density at radius 1 is 0.917 bits per heavy atom. The lowest BCUT2D eigenvalue weighted by molar-refractivity contribution is -0.137. The molecular weight excluding hydrogens is 471 g/mol. The number of hydrogen-bond donors (Lipinski definition) is 3. The van der Waals surface area contributed by atoms with E-state index >= 15 is 0 Å². The van der Waals surface area contributed by atoms with Crippen LogP contribution in [0.2, 0.25) is 0 Å². The normalized spacial score (nSPS) is 13.9. The van der Waals surface area contributed by atoms with Crippen LogP contribution in [0, 0.1) is 0 Å². The number of carbonyl (C=O) groups is 2. The first-order valence-electron chi connectivity index (χ1n) is 10.8. The van der Waals surface area contributed by atoms with Gasteiger partial charge in [0, 0.05) is 40.8 Å². The number of alkyl halides is 3. The second-order valence-corrected chi connectivity index (χ2v) is 8.01. The third kappa shape index (κ3) is 4.85. The number of nitrogens with one attached hydrogen (secondary N) is 3. The molecule has 0 atom stereocenters. The van der Waals surface area contributed by atoms with Crippen molar-refractivity contribution in [2.75, 3.05) is 10.6 Å². The van der Waals surface area contributed by atoms with Gasteiger partial charge in [0.2, 0.25) is 0 Å². The lowest BCUT2D eigenvalue weighted by Crippen LogP contribution is -2.13. The second-order valence-electron chi connectivity index (χ2n) is 8.01. The molecule has 36 heavy (non-hydrogen) atoms. The van der Waals surface area contributed by atoms with Gasteiger partial charge in [0.1, 0.15) is 11.5 Å². The fraction of sp³-hybridized carbons (Fsp3) is 0.0370. The minimum Gasteiger partial charge on any atom is -0.457 e. The van der Waals surface area contributed by atoms with E-state index in [-0.39, 0.29) is 11.5 Å². The molecule has 3 N–H and O–H groups in total. The maximum atomic E-state index is 13.0. The van der Waals surface area contributed by atoms with Crippen LogP contribution in [-0.4, -0.2) is 16.8 Å². The van der Waals surface area contributed by atoms with Crippen LogP contribution in [0.4, 0.5) is 24.5 Å². The van der Waals surface area contributed by atoms with Gasteiger partial charge in [-0.25, -0.2) is 0 Å². The molecule has 1 aliphatic rings. The number of anilines is 2. The molecule has 0 saturated carbocycles. The van der Waals surface area contributed by atoms with Crippen molar-refractivity contribution in [2.24, 2.45) is 0 Å². The van der Waals surface area contributed by atoms with Gasteiger partial charge in [0.05, 0.1) is 16.8 Å². The summed E-state index contributed by atoms with van der Waals surface area (Å²) in [5.74, 6) is -0.0595. The molecular formula is C27H18F3N3O3. The fourth-order valence-corrected chi connectivity index (χ4v) is 3.78. The number of carbonyl (C=O) groups excluding carboxylic acids is 2. The predicted octanol–water partition coefficient (Wildman–Crippen LogP) is 6.57. The highest BCUT2D eigenvalue weighted by molar-refractivity contribution is 6.34. The van der Waals surface area contributed by atoms with Crippen LogP contribution >= 0.6 is 0 Å². The minimum absolute atomic E-state index is 0.117. The maximum absolute atomic E-state index is 13.0. The van der Waals surface area contributed by atoms with Crippen molar-refractivity contribution in [2.45, 2.75) is 6.18 Å². The summed E-state index contributed by atoms with van der Waals surface area (Å²) < 4.78 is 44.8. The Bertz CT molecular complexity index is 1490. The zero-order valence-electron chi connectivity index (χ0n) is 18.5. The molecule has 2 heterocycles. The number of fused-ring (bicyclic) bond motifs is 1. The molecule has 180 valence electrons. The van der Waals surface area contributed by atoms with Crippen molar-refractivity contribution in [1.29, 1.82) is 0 Å². The van der Waals surface area contributed by atoms with Crippen LogP contribution in [0.1, 0.15) is 27.2 Å². The lowest BCUT2D eigenvalue weighted by atomic mass is 10.1. The van der Waals surface area contributed by atoms with E-state index in [4.69, 9.17) is 4.74 Å². The monoisotopic (exact) mass is 489 g/mol. The molecule has 0 saturated heterocycles. The number of aromatic amines is 1. The van der Waals surface area contributed by atoms with Crippen molar-refractivity contribution in [1.82, 2.24) is 4.98 Å². The molecule has 3 aromatic carbocycles. The Hall–Kier alpha value is -4.79. The summed E-state index contributed by atoms with van der Waals surface area (Å²) in [6.07, 6.45) is -1.01. The van der Waals surface area contributed by atoms with E-state index in [1.807, 2.05) is 12.1 Å². The van der Waals surface area contributed by atoms with Crippen molar-refractivity contribution in [3.8, 4) is 11.5 Å². The third-order valence-electron chi connectivity index (χ3n) is 5.48. The first-order valence-corrected chi connectivity index (χ1v) is 10.8. The van der Waals surface area contributed by atoms with Crippen LogP contribution in [0.25, 0.3) is 11.6 Å². The highest BCUT2D eigenvalue weighted by atomic mass is 19.4. The summed E-state index contributed by atoms with van der Waals surface area (Å²) >= 11 is 0. The molecule has 6 nitrogen and oxygen atoms in total. The Kier molecular flexibility index (Phi) is 5.81. The van der Waals surface area contributed by atoms with E-state index in [1.54, 1.807) is 54.7 Å². The Morgan fingerprint density at radius 2 is 1.72 bits per heavy atom. The second kappa shape index (κ2) is 9.10. The van der Waals surface area contributed by atoms with Crippen molar-refractivity contribution in [3.63, 3.8) is 0 Å². The van der Waals surface area contributed by atoms with Gasteiger partial charge in [0.15, 0.2) is 0 Å². The number of aromatic nitrogens is 1. The van der Waals surface area contributed by atoms with Crippen molar-refractivity contribution >= 4 is 34.8 Å². The molecule has 5 rings (SSSR count). The smallest absolute Gasteiger partial charge is 0.416 e. The van der Waals surface area contributed by atoms with Crippen LogP contribution in [-0.2, 0) is 11.0 Å². The summed E-state index contributed by atoms with van der Waals surface area (Å²) in [5, 5.41) is 5.40. The van der Waals surface area contributed by atoms with Crippen LogP contribution in [0.5, 0.6) is 11.5 Å². The minimum atomic E-state index is -4.54. The van der Waals surface area contributed by atoms with Gasteiger partial charge in [-0.15, -0.1) is 0 Å². The van der Waals surface area contributed by atoms with E-state index in [9.17, 15) is 22.8 Å². The van der Waals surface area contributed by atoms with Gasteiger partial charge in [-0.2, -0.15) is 13.2 Å². The van der Waals surface area contributed by atoms with E-state index in [0.29, 0.717) is 28.4 Å². The zero-order valence-corrected chi connectivity index (χ0v) is 18.5. The largest absolute Gasteiger partial charge is 0.457 e.